The summed E-state index contributed by atoms with van der Waals surface area (Å²) in [5.41, 5.74) is 1.40. The molecule has 9 heteroatoms. The summed E-state index contributed by atoms with van der Waals surface area (Å²) in [5, 5.41) is 8.40. The van der Waals surface area contributed by atoms with Gasteiger partial charge in [0.15, 0.2) is 0 Å². The number of carbonyl (C=O) groups is 2. The molecule has 0 spiro atoms. The number of carbonyl (C=O) groups excluding carboxylic acids is 2. The second-order valence-electron chi connectivity index (χ2n) is 6.72. The normalized spacial score (nSPS) is 11.8. The second kappa shape index (κ2) is 9.47. The molecule has 158 valence electrons. The minimum absolute atomic E-state index is 0.113. The molecule has 0 aliphatic carbocycles. The molecule has 2 heterocycles. The maximum atomic E-state index is 12.5. The van der Waals surface area contributed by atoms with Gasteiger partial charge in [0.05, 0.1) is 27.7 Å². The number of nitrogens with zero attached hydrogens (tertiary/aromatic N) is 1. The van der Waals surface area contributed by atoms with Gasteiger partial charge in [-0.3, -0.25) is 9.59 Å². The highest BCUT2D eigenvalue weighted by atomic mass is 35.5. The molecule has 2 aromatic carbocycles. The number of benzene rings is 2. The standard InChI is InChI=1S/C22H18ClN3O3S2/c1-13(27)24-17(19-7-4-10-30-19)12-21(28)25-14-8-9-18(15(23)11-14)29-22-26-16-5-2-3-6-20(16)31-22/h2-11,17H,12H2,1H3,(H,24,27)(H,25,28). The third kappa shape index (κ3) is 5.41. The van der Waals surface area contributed by atoms with Crippen LogP contribution in [-0.4, -0.2) is 16.8 Å². The van der Waals surface area contributed by atoms with Crippen LogP contribution >= 0.6 is 34.3 Å². The van der Waals surface area contributed by atoms with E-state index in [1.807, 2.05) is 41.8 Å². The summed E-state index contributed by atoms with van der Waals surface area (Å²) in [5.74, 6) is 0.0297. The van der Waals surface area contributed by atoms with E-state index in [1.165, 1.54) is 29.6 Å². The molecule has 0 bridgehead atoms. The highest BCUT2D eigenvalue weighted by Crippen LogP contribution is 2.35. The molecule has 0 aliphatic rings. The van der Waals surface area contributed by atoms with Crippen molar-refractivity contribution < 1.29 is 14.3 Å². The molecule has 6 nitrogen and oxygen atoms in total. The van der Waals surface area contributed by atoms with Gasteiger partial charge < -0.3 is 15.4 Å². The van der Waals surface area contributed by atoms with E-state index in [-0.39, 0.29) is 24.3 Å². The Bertz CT molecular complexity index is 1190. The van der Waals surface area contributed by atoms with Gasteiger partial charge in [-0.05, 0) is 41.8 Å². The lowest BCUT2D eigenvalue weighted by Crippen LogP contribution is -2.29. The third-order valence-corrected chi connectivity index (χ3v) is 6.54. The van der Waals surface area contributed by atoms with Crippen LogP contribution in [0.25, 0.3) is 10.2 Å². The number of thiazole rings is 1. The number of ether oxygens (including phenoxy) is 1. The van der Waals surface area contributed by atoms with E-state index < -0.39 is 0 Å². The van der Waals surface area contributed by atoms with Crippen LogP contribution in [0.2, 0.25) is 5.02 Å². The minimum atomic E-state index is -0.380. The topological polar surface area (TPSA) is 80.3 Å². The predicted molar refractivity (Wildman–Crippen MR) is 125 cm³/mol. The number of para-hydroxylation sites is 1. The number of hydrogen-bond acceptors (Lipinski definition) is 6. The Kier molecular flexibility index (Phi) is 6.50. The monoisotopic (exact) mass is 471 g/mol. The Morgan fingerprint density at radius 2 is 2.00 bits per heavy atom. The summed E-state index contributed by atoms with van der Waals surface area (Å²) in [6, 6.07) is 16.2. The Morgan fingerprint density at radius 3 is 2.71 bits per heavy atom. The van der Waals surface area contributed by atoms with Crippen molar-refractivity contribution in [1.82, 2.24) is 10.3 Å². The molecular weight excluding hydrogens is 454 g/mol. The lowest BCUT2D eigenvalue weighted by Gasteiger charge is -2.16. The number of halogens is 1. The number of nitrogens with one attached hydrogen (secondary N) is 2. The van der Waals surface area contributed by atoms with Crippen LogP contribution < -0.4 is 15.4 Å². The molecule has 1 atom stereocenters. The Balaban J connectivity index is 1.42. The molecule has 0 fully saturated rings. The van der Waals surface area contributed by atoms with E-state index in [1.54, 1.807) is 18.2 Å². The van der Waals surface area contributed by atoms with E-state index in [0.717, 1.165) is 15.1 Å². The lowest BCUT2D eigenvalue weighted by atomic mass is 10.1. The van der Waals surface area contributed by atoms with Crippen LogP contribution in [0, 0.1) is 0 Å². The van der Waals surface area contributed by atoms with E-state index in [9.17, 15) is 9.59 Å². The Labute approximate surface area is 191 Å². The van der Waals surface area contributed by atoms with Gasteiger partial charge in [0.2, 0.25) is 11.8 Å². The number of amides is 2. The van der Waals surface area contributed by atoms with Crippen molar-refractivity contribution in [3.63, 3.8) is 0 Å². The van der Waals surface area contributed by atoms with Gasteiger partial charge in [-0.1, -0.05) is 41.1 Å². The van der Waals surface area contributed by atoms with Crippen molar-refractivity contribution in [1.29, 1.82) is 0 Å². The van der Waals surface area contributed by atoms with Crippen molar-refractivity contribution in [2.45, 2.75) is 19.4 Å². The quantitative estimate of drug-likeness (QED) is 0.346. The molecule has 4 rings (SSSR count). The van der Waals surface area contributed by atoms with Crippen molar-refractivity contribution in [2.24, 2.45) is 0 Å². The van der Waals surface area contributed by atoms with Gasteiger partial charge in [-0.15, -0.1) is 11.3 Å². The first-order valence-corrected chi connectivity index (χ1v) is 11.5. The second-order valence-corrected chi connectivity index (χ2v) is 9.10. The van der Waals surface area contributed by atoms with Crippen LogP contribution in [0.4, 0.5) is 5.69 Å². The van der Waals surface area contributed by atoms with Gasteiger partial charge in [0.1, 0.15) is 5.75 Å². The van der Waals surface area contributed by atoms with Gasteiger partial charge in [-0.2, -0.15) is 0 Å². The summed E-state index contributed by atoms with van der Waals surface area (Å²) in [6.45, 7) is 1.43. The Morgan fingerprint density at radius 1 is 1.16 bits per heavy atom. The van der Waals surface area contributed by atoms with Gasteiger partial charge >= 0.3 is 0 Å². The fourth-order valence-corrected chi connectivity index (χ4v) is 4.83. The molecule has 0 radical (unpaired) electrons. The average Bonchev–Trinajstić information content (AvgIpc) is 3.38. The summed E-state index contributed by atoms with van der Waals surface area (Å²) in [6.07, 6.45) is 0.113. The molecule has 2 aromatic heterocycles. The van der Waals surface area contributed by atoms with E-state index in [0.29, 0.717) is 21.7 Å². The first-order chi connectivity index (χ1) is 15.0. The molecular formula is C22H18ClN3O3S2. The number of rotatable bonds is 7. The molecule has 2 amide bonds. The van der Waals surface area contributed by atoms with E-state index in [4.69, 9.17) is 16.3 Å². The summed E-state index contributed by atoms with van der Waals surface area (Å²) in [4.78, 5) is 29.4. The summed E-state index contributed by atoms with van der Waals surface area (Å²) >= 11 is 9.28. The Hall–Kier alpha value is -2.94. The number of hydrogen-bond donors (Lipinski definition) is 2. The zero-order chi connectivity index (χ0) is 21.8. The highest BCUT2D eigenvalue weighted by molar-refractivity contribution is 7.20. The smallest absolute Gasteiger partial charge is 0.279 e. The fourth-order valence-electron chi connectivity index (χ4n) is 3.01. The maximum absolute atomic E-state index is 12.5. The first-order valence-electron chi connectivity index (χ1n) is 9.41. The lowest BCUT2D eigenvalue weighted by molar-refractivity contribution is -0.120. The van der Waals surface area contributed by atoms with E-state index in [2.05, 4.69) is 15.6 Å². The molecule has 4 aromatic rings. The predicted octanol–water partition coefficient (Wildman–Crippen LogP) is 6.01. The van der Waals surface area contributed by atoms with Gasteiger partial charge in [0.25, 0.3) is 5.19 Å². The summed E-state index contributed by atoms with van der Waals surface area (Å²) < 4.78 is 6.85. The van der Waals surface area contributed by atoms with Crippen molar-refractivity contribution in [2.75, 3.05) is 5.32 Å². The number of thiophene rings is 1. The van der Waals surface area contributed by atoms with Crippen LogP contribution in [0.15, 0.2) is 60.0 Å². The SMILES string of the molecule is CC(=O)NC(CC(=O)Nc1ccc(Oc2nc3ccccc3s2)c(Cl)c1)c1cccs1. The minimum Gasteiger partial charge on any atom is -0.429 e. The van der Waals surface area contributed by atoms with Gasteiger partial charge in [-0.25, -0.2) is 4.98 Å². The maximum Gasteiger partial charge on any atom is 0.279 e. The number of anilines is 1. The molecule has 0 saturated carbocycles. The zero-order valence-corrected chi connectivity index (χ0v) is 18.8. The largest absolute Gasteiger partial charge is 0.429 e. The number of fused-ring (bicyclic) bond motifs is 1. The number of aromatic nitrogens is 1. The third-order valence-electron chi connectivity index (χ3n) is 4.34. The average molecular weight is 472 g/mol. The van der Waals surface area contributed by atoms with Crippen molar-refractivity contribution >= 4 is 62.0 Å². The fraction of sp³-hybridized carbons (Fsp3) is 0.136. The van der Waals surface area contributed by atoms with Gasteiger partial charge in [0, 0.05) is 17.5 Å². The first kappa shape index (κ1) is 21.3. The molecule has 2 N–H and O–H groups in total. The van der Waals surface area contributed by atoms with E-state index >= 15 is 0 Å². The molecule has 31 heavy (non-hydrogen) atoms. The van der Waals surface area contributed by atoms with Crippen LogP contribution in [0.1, 0.15) is 24.3 Å². The summed E-state index contributed by atoms with van der Waals surface area (Å²) in [7, 11) is 0. The van der Waals surface area contributed by atoms with Crippen LogP contribution in [0.5, 0.6) is 10.9 Å². The zero-order valence-electron chi connectivity index (χ0n) is 16.4. The van der Waals surface area contributed by atoms with Crippen LogP contribution in [-0.2, 0) is 9.59 Å². The molecule has 0 saturated heterocycles. The highest BCUT2D eigenvalue weighted by Gasteiger charge is 2.18. The van der Waals surface area contributed by atoms with Crippen molar-refractivity contribution in [3.05, 3.63) is 69.9 Å². The molecule has 1 unspecified atom stereocenters. The van der Waals surface area contributed by atoms with Crippen molar-refractivity contribution in [3.8, 4) is 10.9 Å². The van der Waals surface area contributed by atoms with Crippen LogP contribution in [0.3, 0.4) is 0 Å². The molecule has 0 aliphatic heterocycles.